The van der Waals surface area contributed by atoms with Gasteiger partial charge < -0.3 is 4.42 Å². The standard InChI is InChI=1S/C16H21NOS/c1-12(14-8-4-10-18-14)17-16(13-6-2-3-7-13)15-9-5-11-19-15/h4-5,8-13,16-17H,2-3,6-7H2,1H3/t12-,16?/m0/s1. The highest BCUT2D eigenvalue weighted by atomic mass is 32.1. The van der Waals surface area contributed by atoms with Crippen LogP contribution in [0.5, 0.6) is 0 Å². The molecule has 1 N–H and O–H groups in total. The molecule has 1 aliphatic carbocycles. The second kappa shape index (κ2) is 5.93. The minimum Gasteiger partial charge on any atom is -0.468 e. The number of hydrogen-bond donors (Lipinski definition) is 1. The molecule has 1 saturated carbocycles. The molecule has 0 aliphatic heterocycles. The molecule has 1 aliphatic rings. The third-order valence-corrected chi connectivity index (χ3v) is 5.08. The molecule has 2 heterocycles. The van der Waals surface area contributed by atoms with Crippen molar-refractivity contribution in [3.05, 3.63) is 46.5 Å². The summed E-state index contributed by atoms with van der Waals surface area (Å²) in [7, 11) is 0. The van der Waals surface area contributed by atoms with Gasteiger partial charge in [-0.15, -0.1) is 11.3 Å². The molecule has 2 nitrogen and oxygen atoms in total. The van der Waals surface area contributed by atoms with Gasteiger partial charge in [-0.05, 0) is 49.3 Å². The Morgan fingerprint density at radius 1 is 1.26 bits per heavy atom. The van der Waals surface area contributed by atoms with Gasteiger partial charge in [-0.3, -0.25) is 5.32 Å². The van der Waals surface area contributed by atoms with Crippen LogP contribution in [0, 0.1) is 5.92 Å². The van der Waals surface area contributed by atoms with Crippen LogP contribution in [0.2, 0.25) is 0 Å². The molecule has 19 heavy (non-hydrogen) atoms. The van der Waals surface area contributed by atoms with Crippen LogP contribution in [0.1, 0.15) is 55.3 Å². The highest BCUT2D eigenvalue weighted by Crippen LogP contribution is 2.38. The van der Waals surface area contributed by atoms with E-state index in [2.05, 4.69) is 35.8 Å². The number of furan rings is 1. The van der Waals surface area contributed by atoms with E-state index in [1.165, 1.54) is 30.6 Å². The summed E-state index contributed by atoms with van der Waals surface area (Å²) in [6, 6.07) is 9.17. The molecular weight excluding hydrogens is 254 g/mol. The van der Waals surface area contributed by atoms with Gasteiger partial charge in [0.1, 0.15) is 5.76 Å². The van der Waals surface area contributed by atoms with E-state index in [4.69, 9.17) is 4.42 Å². The molecule has 3 rings (SSSR count). The maximum atomic E-state index is 5.52. The molecule has 0 saturated heterocycles. The van der Waals surface area contributed by atoms with Crippen LogP contribution in [-0.4, -0.2) is 0 Å². The monoisotopic (exact) mass is 275 g/mol. The normalized spacial score (nSPS) is 19.6. The number of thiophene rings is 1. The summed E-state index contributed by atoms with van der Waals surface area (Å²) in [5.74, 6) is 1.80. The molecule has 2 atom stereocenters. The predicted molar refractivity (Wildman–Crippen MR) is 79.3 cm³/mol. The fraction of sp³-hybridized carbons (Fsp3) is 0.500. The van der Waals surface area contributed by atoms with Crippen molar-refractivity contribution in [3.63, 3.8) is 0 Å². The molecule has 3 heteroatoms. The quantitative estimate of drug-likeness (QED) is 0.837. The van der Waals surface area contributed by atoms with Gasteiger partial charge in [0.05, 0.1) is 12.3 Å². The molecule has 1 unspecified atom stereocenters. The molecule has 0 amide bonds. The predicted octanol–water partition coefficient (Wildman–Crippen LogP) is 4.92. The maximum absolute atomic E-state index is 5.52. The molecule has 0 bridgehead atoms. The molecule has 102 valence electrons. The van der Waals surface area contributed by atoms with E-state index in [0.29, 0.717) is 6.04 Å². The first-order chi connectivity index (χ1) is 9.34. The van der Waals surface area contributed by atoms with E-state index in [1.807, 2.05) is 17.4 Å². The molecule has 0 spiro atoms. The Morgan fingerprint density at radius 2 is 2.11 bits per heavy atom. The van der Waals surface area contributed by atoms with E-state index in [1.54, 1.807) is 6.26 Å². The van der Waals surface area contributed by atoms with Crippen molar-refractivity contribution in [2.75, 3.05) is 0 Å². The van der Waals surface area contributed by atoms with Crippen molar-refractivity contribution in [2.24, 2.45) is 5.92 Å². The molecule has 2 aromatic heterocycles. The maximum Gasteiger partial charge on any atom is 0.120 e. The fourth-order valence-corrected chi connectivity index (χ4v) is 3.98. The molecular formula is C16H21NOS. The minimum absolute atomic E-state index is 0.266. The van der Waals surface area contributed by atoms with E-state index < -0.39 is 0 Å². The summed E-state index contributed by atoms with van der Waals surface area (Å²) in [5.41, 5.74) is 0. The Bertz CT molecular complexity index is 471. The number of hydrogen-bond acceptors (Lipinski definition) is 3. The Balaban J connectivity index is 1.75. The summed E-state index contributed by atoms with van der Waals surface area (Å²) in [5, 5.41) is 5.96. The van der Waals surface area contributed by atoms with Crippen LogP contribution in [0.25, 0.3) is 0 Å². The lowest BCUT2D eigenvalue weighted by atomic mass is 9.95. The second-order valence-corrected chi connectivity index (χ2v) is 6.42. The highest BCUT2D eigenvalue weighted by molar-refractivity contribution is 7.10. The van der Waals surface area contributed by atoms with E-state index >= 15 is 0 Å². The first kappa shape index (κ1) is 12.9. The summed E-state index contributed by atoms with van der Waals surface area (Å²) in [6.07, 6.45) is 7.21. The lowest BCUT2D eigenvalue weighted by Crippen LogP contribution is -2.28. The zero-order chi connectivity index (χ0) is 13.1. The van der Waals surface area contributed by atoms with Gasteiger partial charge in [-0.25, -0.2) is 0 Å². The van der Waals surface area contributed by atoms with Gasteiger partial charge in [0.25, 0.3) is 0 Å². The fourth-order valence-electron chi connectivity index (χ4n) is 3.10. The van der Waals surface area contributed by atoms with Gasteiger partial charge in [-0.1, -0.05) is 18.9 Å². The van der Waals surface area contributed by atoms with Crippen LogP contribution in [0.3, 0.4) is 0 Å². The van der Waals surface area contributed by atoms with Gasteiger partial charge >= 0.3 is 0 Å². The SMILES string of the molecule is C[C@H](NC(c1cccs1)C1CCCC1)c1ccco1. The van der Waals surface area contributed by atoms with Crippen molar-refractivity contribution in [1.29, 1.82) is 0 Å². The van der Waals surface area contributed by atoms with Crippen molar-refractivity contribution < 1.29 is 4.42 Å². The third-order valence-electron chi connectivity index (χ3n) is 4.12. The highest BCUT2D eigenvalue weighted by Gasteiger charge is 2.28. The van der Waals surface area contributed by atoms with Crippen LogP contribution >= 0.6 is 11.3 Å². The largest absolute Gasteiger partial charge is 0.468 e. The van der Waals surface area contributed by atoms with E-state index in [9.17, 15) is 0 Å². The van der Waals surface area contributed by atoms with E-state index in [0.717, 1.165) is 11.7 Å². The molecule has 0 radical (unpaired) electrons. The van der Waals surface area contributed by atoms with Crippen molar-refractivity contribution >= 4 is 11.3 Å². The zero-order valence-corrected chi connectivity index (χ0v) is 12.2. The molecule has 0 aromatic carbocycles. The van der Waals surface area contributed by atoms with Crippen LogP contribution < -0.4 is 5.32 Å². The van der Waals surface area contributed by atoms with Crippen molar-refractivity contribution in [1.82, 2.24) is 5.32 Å². The van der Waals surface area contributed by atoms with Gasteiger partial charge in [0, 0.05) is 10.9 Å². The first-order valence-corrected chi connectivity index (χ1v) is 8.05. The minimum atomic E-state index is 0.266. The van der Waals surface area contributed by atoms with Gasteiger partial charge in [0.15, 0.2) is 0 Å². The Hall–Kier alpha value is -1.06. The average molecular weight is 275 g/mol. The van der Waals surface area contributed by atoms with Gasteiger partial charge in [0.2, 0.25) is 0 Å². The number of rotatable bonds is 5. The van der Waals surface area contributed by atoms with Gasteiger partial charge in [-0.2, -0.15) is 0 Å². The Labute approximate surface area is 118 Å². The van der Waals surface area contributed by atoms with Crippen LogP contribution in [0.4, 0.5) is 0 Å². The molecule has 2 aromatic rings. The number of nitrogens with one attached hydrogen (secondary N) is 1. The summed E-state index contributed by atoms with van der Waals surface area (Å²) in [6.45, 7) is 2.19. The second-order valence-electron chi connectivity index (χ2n) is 5.44. The van der Waals surface area contributed by atoms with Crippen molar-refractivity contribution in [2.45, 2.75) is 44.7 Å². The Kier molecular flexibility index (Phi) is 4.04. The van der Waals surface area contributed by atoms with Crippen LogP contribution in [-0.2, 0) is 0 Å². The van der Waals surface area contributed by atoms with Crippen molar-refractivity contribution in [3.8, 4) is 0 Å². The topological polar surface area (TPSA) is 25.2 Å². The lowest BCUT2D eigenvalue weighted by Gasteiger charge is -2.26. The average Bonchev–Trinajstić information content (AvgIpc) is 3.17. The Morgan fingerprint density at radius 3 is 2.74 bits per heavy atom. The summed E-state index contributed by atoms with van der Waals surface area (Å²) >= 11 is 1.86. The summed E-state index contributed by atoms with van der Waals surface area (Å²) in [4.78, 5) is 1.46. The van der Waals surface area contributed by atoms with E-state index in [-0.39, 0.29) is 6.04 Å². The third kappa shape index (κ3) is 2.93. The smallest absolute Gasteiger partial charge is 0.120 e. The first-order valence-electron chi connectivity index (χ1n) is 7.17. The molecule has 1 fully saturated rings. The summed E-state index contributed by atoms with van der Waals surface area (Å²) < 4.78 is 5.52. The lowest BCUT2D eigenvalue weighted by molar-refractivity contribution is 0.319. The van der Waals surface area contributed by atoms with Crippen LogP contribution in [0.15, 0.2) is 40.3 Å². The zero-order valence-electron chi connectivity index (χ0n) is 11.3.